The van der Waals surface area contributed by atoms with E-state index in [4.69, 9.17) is 22.1 Å². The summed E-state index contributed by atoms with van der Waals surface area (Å²) in [6, 6.07) is 4.48. The van der Waals surface area contributed by atoms with E-state index in [2.05, 4.69) is 5.32 Å². The lowest BCUT2D eigenvalue weighted by Crippen LogP contribution is -2.34. The van der Waals surface area contributed by atoms with Crippen molar-refractivity contribution in [2.24, 2.45) is 5.73 Å². The molecule has 0 spiro atoms. The van der Waals surface area contributed by atoms with E-state index >= 15 is 0 Å². The third kappa shape index (κ3) is 4.42. The zero-order valence-electron chi connectivity index (χ0n) is 9.70. The number of carbonyl (C=O) groups excluding carboxylic acids is 1. The van der Waals surface area contributed by atoms with Crippen LogP contribution in [0.1, 0.15) is 13.3 Å². The van der Waals surface area contributed by atoms with Gasteiger partial charge in [-0.05, 0) is 24.6 Å². The molecule has 0 bridgehead atoms. The standard InChI is InChI=1S/C11H15ClN2O2.ClH/c1-3-8(13)11(15)14-9-6-7(12)4-5-10(9)16-2;/h4-6,8H,3,13H2,1-2H3,(H,14,15);1H/t8-;/m0./s1. The van der Waals surface area contributed by atoms with Crippen LogP contribution in [0.4, 0.5) is 5.69 Å². The van der Waals surface area contributed by atoms with Crippen molar-refractivity contribution in [1.82, 2.24) is 0 Å². The molecule has 96 valence electrons. The lowest BCUT2D eigenvalue weighted by Gasteiger charge is -2.13. The second-order valence-electron chi connectivity index (χ2n) is 3.35. The van der Waals surface area contributed by atoms with Gasteiger partial charge in [-0.1, -0.05) is 18.5 Å². The van der Waals surface area contributed by atoms with Gasteiger partial charge in [-0.2, -0.15) is 0 Å². The molecule has 4 nitrogen and oxygen atoms in total. The van der Waals surface area contributed by atoms with E-state index in [1.807, 2.05) is 6.92 Å². The number of hydrogen-bond acceptors (Lipinski definition) is 3. The molecule has 1 atom stereocenters. The van der Waals surface area contributed by atoms with Gasteiger partial charge in [0.2, 0.25) is 5.91 Å². The zero-order valence-corrected chi connectivity index (χ0v) is 11.3. The van der Waals surface area contributed by atoms with Crippen LogP contribution in [-0.4, -0.2) is 19.1 Å². The number of nitrogens with one attached hydrogen (secondary N) is 1. The third-order valence-corrected chi connectivity index (χ3v) is 2.43. The first-order valence-electron chi connectivity index (χ1n) is 4.98. The van der Waals surface area contributed by atoms with Crippen molar-refractivity contribution < 1.29 is 9.53 Å². The highest BCUT2D eigenvalue weighted by Gasteiger charge is 2.13. The topological polar surface area (TPSA) is 64.4 Å². The molecular weight excluding hydrogens is 263 g/mol. The molecule has 17 heavy (non-hydrogen) atoms. The molecule has 0 fully saturated rings. The second kappa shape index (κ2) is 7.37. The molecule has 0 aromatic heterocycles. The first-order valence-corrected chi connectivity index (χ1v) is 5.36. The first kappa shape index (κ1) is 16.0. The average Bonchev–Trinajstić information content (AvgIpc) is 2.28. The summed E-state index contributed by atoms with van der Waals surface area (Å²) < 4.78 is 5.10. The van der Waals surface area contributed by atoms with Crippen LogP contribution >= 0.6 is 24.0 Å². The number of nitrogens with two attached hydrogens (primary N) is 1. The molecule has 0 aliphatic carbocycles. The maximum atomic E-state index is 11.6. The largest absolute Gasteiger partial charge is 0.495 e. The molecule has 1 rings (SSSR count). The number of amides is 1. The Morgan fingerprint density at radius 3 is 2.76 bits per heavy atom. The van der Waals surface area contributed by atoms with Gasteiger partial charge in [-0.15, -0.1) is 12.4 Å². The van der Waals surface area contributed by atoms with Crippen LogP contribution < -0.4 is 15.8 Å². The number of hydrogen-bond donors (Lipinski definition) is 2. The molecule has 0 saturated carbocycles. The van der Waals surface area contributed by atoms with E-state index in [1.165, 1.54) is 7.11 Å². The van der Waals surface area contributed by atoms with Crippen molar-refractivity contribution in [2.45, 2.75) is 19.4 Å². The Morgan fingerprint density at radius 1 is 1.59 bits per heavy atom. The molecule has 6 heteroatoms. The van der Waals surface area contributed by atoms with E-state index < -0.39 is 6.04 Å². The van der Waals surface area contributed by atoms with E-state index in [9.17, 15) is 4.79 Å². The number of carbonyl (C=O) groups is 1. The van der Waals surface area contributed by atoms with Crippen LogP contribution in [0.25, 0.3) is 0 Å². The lowest BCUT2D eigenvalue weighted by molar-refractivity contribution is -0.117. The van der Waals surface area contributed by atoms with Crippen molar-refractivity contribution in [2.75, 3.05) is 12.4 Å². The van der Waals surface area contributed by atoms with Gasteiger partial charge in [-0.25, -0.2) is 0 Å². The molecule has 0 unspecified atom stereocenters. The van der Waals surface area contributed by atoms with Crippen LogP contribution in [0, 0.1) is 0 Å². The smallest absolute Gasteiger partial charge is 0.241 e. The van der Waals surface area contributed by atoms with Crippen molar-refractivity contribution >= 4 is 35.6 Å². The summed E-state index contributed by atoms with van der Waals surface area (Å²) in [6.07, 6.45) is 0.578. The lowest BCUT2D eigenvalue weighted by atomic mass is 10.2. The fourth-order valence-electron chi connectivity index (χ4n) is 1.19. The summed E-state index contributed by atoms with van der Waals surface area (Å²) in [4.78, 5) is 11.6. The normalized spacial score (nSPS) is 11.3. The molecule has 0 saturated heterocycles. The van der Waals surface area contributed by atoms with Crippen molar-refractivity contribution in [1.29, 1.82) is 0 Å². The molecule has 0 aliphatic heterocycles. The summed E-state index contributed by atoms with van der Waals surface area (Å²) in [5.74, 6) is 0.309. The highest BCUT2D eigenvalue weighted by Crippen LogP contribution is 2.27. The van der Waals surface area contributed by atoms with Gasteiger partial charge >= 0.3 is 0 Å². The maximum Gasteiger partial charge on any atom is 0.241 e. The van der Waals surface area contributed by atoms with Gasteiger partial charge in [0.1, 0.15) is 5.75 Å². The van der Waals surface area contributed by atoms with Gasteiger partial charge in [0.05, 0.1) is 18.8 Å². The SMILES string of the molecule is CC[C@H](N)C(=O)Nc1cc(Cl)ccc1OC.Cl. The molecule has 3 N–H and O–H groups in total. The van der Waals surface area contributed by atoms with E-state index in [0.29, 0.717) is 22.9 Å². The van der Waals surface area contributed by atoms with Gasteiger partial charge in [0, 0.05) is 5.02 Å². The number of ether oxygens (including phenoxy) is 1. The Bertz CT molecular complexity index is 386. The van der Waals surface area contributed by atoms with Crippen molar-refractivity contribution in [3.8, 4) is 5.75 Å². The zero-order chi connectivity index (χ0) is 12.1. The number of anilines is 1. The molecule has 1 aromatic carbocycles. The predicted molar refractivity (Wildman–Crippen MR) is 72.1 cm³/mol. The first-order chi connectivity index (χ1) is 7.58. The molecule has 1 amide bonds. The van der Waals surface area contributed by atoms with Gasteiger partial charge < -0.3 is 15.8 Å². The van der Waals surface area contributed by atoms with Crippen molar-refractivity contribution in [3.63, 3.8) is 0 Å². The maximum absolute atomic E-state index is 11.6. The molecule has 0 aliphatic rings. The number of rotatable bonds is 4. The molecule has 0 radical (unpaired) electrons. The summed E-state index contributed by atoms with van der Waals surface area (Å²) in [5, 5.41) is 3.21. The third-order valence-electron chi connectivity index (χ3n) is 2.20. The Morgan fingerprint density at radius 2 is 2.24 bits per heavy atom. The predicted octanol–water partition coefficient (Wildman–Crippen LogP) is 2.45. The van der Waals surface area contributed by atoms with E-state index in [-0.39, 0.29) is 18.3 Å². The van der Waals surface area contributed by atoms with Crippen LogP contribution in [-0.2, 0) is 4.79 Å². The van der Waals surface area contributed by atoms with Gasteiger partial charge in [-0.3, -0.25) is 4.79 Å². The quantitative estimate of drug-likeness (QED) is 0.889. The highest BCUT2D eigenvalue weighted by atomic mass is 35.5. The Labute approximate surface area is 112 Å². The second-order valence-corrected chi connectivity index (χ2v) is 3.79. The van der Waals surface area contributed by atoms with Crippen LogP contribution in [0.15, 0.2) is 18.2 Å². The van der Waals surface area contributed by atoms with E-state index in [0.717, 1.165) is 0 Å². The monoisotopic (exact) mass is 278 g/mol. The Kier molecular flexibility index (Phi) is 6.95. The molecular formula is C11H16Cl2N2O2. The summed E-state index contributed by atoms with van der Waals surface area (Å²) in [6.45, 7) is 1.85. The average molecular weight is 279 g/mol. The van der Waals surface area contributed by atoms with Gasteiger partial charge in [0.25, 0.3) is 0 Å². The number of methoxy groups -OCH3 is 1. The van der Waals surface area contributed by atoms with Gasteiger partial charge in [0.15, 0.2) is 0 Å². The Hall–Kier alpha value is -0.970. The fraction of sp³-hybridized carbons (Fsp3) is 0.364. The van der Waals surface area contributed by atoms with Crippen LogP contribution in [0.3, 0.4) is 0 Å². The minimum atomic E-state index is -0.524. The number of benzene rings is 1. The summed E-state index contributed by atoms with van der Waals surface area (Å²) in [7, 11) is 1.53. The minimum absolute atomic E-state index is 0. The molecule has 1 aromatic rings. The summed E-state index contributed by atoms with van der Waals surface area (Å²) >= 11 is 5.83. The van der Waals surface area contributed by atoms with Crippen LogP contribution in [0.5, 0.6) is 5.75 Å². The van der Waals surface area contributed by atoms with Crippen molar-refractivity contribution in [3.05, 3.63) is 23.2 Å². The van der Waals surface area contributed by atoms with Crippen LogP contribution in [0.2, 0.25) is 5.02 Å². The Balaban J connectivity index is 0.00000256. The summed E-state index contributed by atoms with van der Waals surface area (Å²) in [5.41, 5.74) is 6.14. The fourth-order valence-corrected chi connectivity index (χ4v) is 1.36. The number of halogens is 2. The highest BCUT2D eigenvalue weighted by molar-refractivity contribution is 6.31. The molecule has 0 heterocycles. The minimum Gasteiger partial charge on any atom is -0.495 e. The van der Waals surface area contributed by atoms with E-state index in [1.54, 1.807) is 18.2 Å².